The fourth-order valence-electron chi connectivity index (χ4n) is 3.21. The lowest BCUT2D eigenvalue weighted by atomic mass is 10.0. The first kappa shape index (κ1) is 25.3. The number of aryl methyl sites for hydroxylation is 1. The average Bonchev–Trinajstić information content (AvgIpc) is 2.70. The number of nitrogens with one attached hydrogen (secondary N) is 2. The van der Waals surface area contributed by atoms with Crippen molar-refractivity contribution in [2.45, 2.75) is 33.4 Å². The Bertz CT molecular complexity index is 853. The SMILES string of the molecule is CCNCCCNCc1c(OCc2ccc(C)cc2)ccc2ccccc12.Cl.Cl. The van der Waals surface area contributed by atoms with Gasteiger partial charge < -0.3 is 15.4 Å². The first-order valence-corrected chi connectivity index (χ1v) is 9.88. The van der Waals surface area contributed by atoms with Gasteiger partial charge in [-0.25, -0.2) is 0 Å². The van der Waals surface area contributed by atoms with E-state index >= 15 is 0 Å². The molecule has 3 aromatic rings. The van der Waals surface area contributed by atoms with Crippen molar-refractivity contribution < 1.29 is 4.74 Å². The summed E-state index contributed by atoms with van der Waals surface area (Å²) in [6.07, 6.45) is 1.12. The van der Waals surface area contributed by atoms with Crippen LogP contribution in [0.4, 0.5) is 0 Å². The van der Waals surface area contributed by atoms with Crippen LogP contribution in [0.5, 0.6) is 5.75 Å². The van der Waals surface area contributed by atoms with Crippen LogP contribution in [0.3, 0.4) is 0 Å². The summed E-state index contributed by atoms with van der Waals surface area (Å²) in [4.78, 5) is 0. The van der Waals surface area contributed by atoms with Gasteiger partial charge in [-0.05, 0) is 55.4 Å². The third-order valence-corrected chi connectivity index (χ3v) is 4.77. The number of benzene rings is 3. The van der Waals surface area contributed by atoms with Gasteiger partial charge in [0, 0.05) is 12.1 Å². The number of ether oxygens (including phenoxy) is 1. The molecular formula is C24H32Cl2N2O. The fourth-order valence-corrected chi connectivity index (χ4v) is 3.21. The van der Waals surface area contributed by atoms with Gasteiger partial charge in [0.05, 0.1) is 0 Å². The van der Waals surface area contributed by atoms with Crippen LogP contribution in [0.1, 0.15) is 30.0 Å². The molecule has 0 aromatic heterocycles. The molecule has 0 fully saturated rings. The predicted octanol–water partition coefficient (Wildman–Crippen LogP) is 5.66. The summed E-state index contributed by atoms with van der Waals surface area (Å²) in [6.45, 7) is 8.72. The minimum absolute atomic E-state index is 0. The Hall–Kier alpha value is -1.78. The van der Waals surface area contributed by atoms with Gasteiger partial charge in [0.25, 0.3) is 0 Å². The molecule has 0 bridgehead atoms. The highest BCUT2D eigenvalue weighted by molar-refractivity contribution is 5.87. The van der Waals surface area contributed by atoms with Crippen molar-refractivity contribution in [2.75, 3.05) is 19.6 Å². The lowest BCUT2D eigenvalue weighted by molar-refractivity contribution is 0.302. The molecule has 158 valence electrons. The van der Waals surface area contributed by atoms with Crippen LogP contribution in [-0.2, 0) is 13.2 Å². The Morgan fingerprint density at radius 2 is 1.55 bits per heavy atom. The largest absolute Gasteiger partial charge is 0.489 e. The van der Waals surface area contributed by atoms with Crippen LogP contribution in [-0.4, -0.2) is 19.6 Å². The van der Waals surface area contributed by atoms with Crippen molar-refractivity contribution >= 4 is 35.6 Å². The Morgan fingerprint density at radius 1 is 0.828 bits per heavy atom. The molecule has 3 aromatic carbocycles. The smallest absolute Gasteiger partial charge is 0.124 e. The van der Waals surface area contributed by atoms with E-state index in [9.17, 15) is 0 Å². The molecule has 0 atom stereocenters. The number of rotatable bonds is 10. The molecule has 3 rings (SSSR count). The zero-order chi connectivity index (χ0) is 18.9. The van der Waals surface area contributed by atoms with Crippen molar-refractivity contribution in [3.63, 3.8) is 0 Å². The molecule has 0 saturated heterocycles. The van der Waals surface area contributed by atoms with Gasteiger partial charge in [-0.3, -0.25) is 0 Å². The molecule has 3 nitrogen and oxygen atoms in total. The highest BCUT2D eigenvalue weighted by Crippen LogP contribution is 2.28. The van der Waals surface area contributed by atoms with Crippen LogP contribution >= 0.6 is 24.8 Å². The lowest BCUT2D eigenvalue weighted by Gasteiger charge is -2.15. The van der Waals surface area contributed by atoms with Crippen molar-refractivity contribution in [2.24, 2.45) is 0 Å². The Labute approximate surface area is 187 Å². The summed E-state index contributed by atoms with van der Waals surface area (Å²) < 4.78 is 6.21. The zero-order valence-electron chi connectivity index (χ0n) is 17.2. The van der Waals surface area contributed by atoms with Gasteiger partial charge in [0.2, 0.25) is 0 Å². The molecule has 2 N–H and O–H groups in total. The number of halogens is 2. The maximum atomic E-state index is 6.21. The highest BCUT2D eigenvalue weighted by atomic mass is 35.5. The Morgan fingerprint density at radius 3 is 2.31 bits per heavy atom. The molecule has 0 unspecified atom stereocenters. The summed E-state index contributed by atoms with van der Waals surface area (Å²) in [7, 11) is 0. The minimum atomic E-state index is 0. The van der Waals surface area contributed by atoms with E-state index < -0.39 is 0 Å². The van der Waals surface area contributed by atoms with Gasteiger partial charge >= 0.3 is 0 Å². The molecule has 0 heterocycles. The monoisotopic (exact) mass is 434 g/mol. The summed E-state index contributed by atoms with van der Waals surface area (Å²) in [5, 5.41) is 9.46. The van der Waals surface area contributed by atoms with Gasteiger partial charge in [-0.2, -0.15) is 0 Å². The maximum absolute atomic E-state index is 6.21. The normalized spacial score (nSPS) is 10.3. The Balaban J connectivity index is 0.00000210. The molecule has 0 saturated carbocycles. The third kappa shape index (κ3) is 7.52. The van der Waals surface area contributed by atoms with Gasteiger partial charge in [-0.1, -0.05) is 67.1 Å². The van der Waals surface area contributed by atoms with Crippen molar-refractivity contribution in [1.82, 2.24) is 10.6 Å². The first-order valence-electron chi connectivity index (χ1n) is 9.88. The van der Waals surface area contributed by atoms with E-state index in [1.54, 1.807) is 0 Å². The van der Waals surface area contributed by atoms with Gasteiger partial charge in [-0.15, -0.1) is 24.8 Å². The van der Waals surface area contributed by atoms with E-state index in [0.29, 0.717) is 6.61 Å². The summed E-state index contributed by atoms with van der Waals surface area (Å²) in [5.74, 6) is 0.966. The van der Waals surface area contributed by atoms with Crippen LogP contribution in [0.2, 0.25) is 0 Å². The third-order valence-electron chi connectivity index (χ3n) is 4.77. The van der Waals surface area contributed by atoms with E-state index in [-0.39, 0.29) is 24.8 Å². The second-order valence-corrected chi connectivity index (χ2v) is 6.92. The van der Waals surface area contributed by atoms with Gasteiger partial charge in [0.15, 0.2) is 0 Å². The molecule has 0 aliphatic heterocycles. The molecular weight excluding hydrogens is 403 g/mol. The fraction of sp³-hybridized carbons (Fsp3) is 0.333. The van der Waals surface area contributed by atoms with Crippen molar-refractivity contribution in [1.29, 1.82) is 0 Å². The minimum Gasteiger partial charge on any atom is -0.489 e. The molecule has 0 radical (unpaired) electrons. The second-order valence-electron chi connectivity index (χ2n) is 6.92. The lowest BCUT2D eigenvalue weighted by Crippen LogP contribution is -2.21. The number of hydrogen-bond acceptors (Lipinski definition) is 3. The van der Waals surface area contributed by atoms with Crippen molar-refractivity contribution in [3.05, 3.63) is 77.4 Å². The first-order chi connectivity index (χ1) is 13.3. The molecule has 29 heavy (non-hydrogen) atoms. The van der Waals surface area contributed by atoms with E-state index in [1.165, 1.54) is 27.5 Å². The van der Waals surface area contributed by atoms with Gasteiger partial charge in [0.1, 0.15) is 12.4 Å². The summed E-state index contributed by atoms with van der Waals surface area (Å²) >= 11 is 0. The maximum Gasteiger partial charge on any atom is 0.124 e. The standard InChI is InChI=1S/C24H30N2O.2ClH/c1-3-25-15-6-16-26-17-23-22-8-5-4-7-21(22)13-14-24(23)27-18-20-11-9-19(2)10-12-20;;/h4-5,7-14,25-26H,3,6,15-18H2,1-2H3;2*1H. The average molecular weight is 435 g/mol. The molecule has 0 amide bonds. The molecule has 0 spiro atoms. The quantitative estimate of drug-likeness (QED) is 0.403. The predicted molar refractivity (Wildman–Crippen MR) is 129 cm³/mol. The number of fused-ring (bicyclic) bond motifs is 1. The molecule has 0 aliphatic rings. The molecule has 0 aliphatic carbocycles. The van der Waals surface area contributed by atoms with Crippen LogP contribution in [0.15, 0.2) is 60.7 Å². The summed E-state index contributed by atoms with van der Waals surface area (Å²) in [5.41, 5.74) is 3.70. The van der Waals surface area contributed by atoms with Crippen LogP contribution < -0.4 is 15.4 Å². The highest BCUT2D eigenvalue weighted by Gasteiger charge is 2.09. The van der Waals surface area contributed by atoms with Crippen molar-refractivity contribution in [3.8, 4) is 5.75 Å². The topological polar surface area (TPSA) is 33.3 Å². The number of hydrogen-bond donors (Lipinski definition) is 2. The second kappa shape index (κ2) is 13.4. The van der Waals surface area contributed by atoms with Crippen LogP contribution in [0, 0.1) is 6.92 Å². The zero-order valence-corrected chi connectivity index (χ0v) is 18.9. The summed E-state index contributed by atoms with van der Waals surface area (Å²) in [6, 6.07) is 21.3. The van der Waals surface area contributed by atoms with E-state index in [0.717, 1.165) is 38.3 Å². The van der Waals surface area contributed by atoms with E-state index in [2.05, 4.69) is 85.1 Å². The molecule has 5 heteroatoms. The van der Waals surface area contributed by atoms with Crippen LogP contribution in [0.25, 0.3) is 10.8 Å². The Kier molecular flexibility index (Phi) is 11.7. The van der Waals surface area contributed by atoms with E-state index in [1.807, 2.05) is 0 Å². The van der Waals surface area contributed by atoms with E-state index in [4.69, 9.17) is 4.74 Å².